The van der Waals surface area contributed by atoms with Gasteiger partial charge in [0, 0.05) is 22.9 Å². The first-order valence-corrected chi connectivity index (χ1v) is 12.0. The normalized spacial score (nSPS) is 20.0. The highest BCUT2D eigenvalue weighted by Gasteiger charge is 2.54. The Kier molecular flexibility index (Phi) is 5.81. The monoisotopic (exact) mass is 516 g/mol. The molecule has 4 N–H and O–H groups in total. The van der Waals surface area contributed by atoms with Crippen LogP contribution in [0.2, 0.25) is 0 Å². The van der Waals surface area contributed by atoms with Crippen LogP contribution < -0.4 is 15.7 Å². The van der Waals surface area contributed by atoms with Crippen molar-refractivity contribution in [3.05, 3.63) is 47.1 Å². The van der Waals surface area contributed by atoms with Gasteiger partial charge in [0.05, 0.1) is 6.20 Å². The number of hydrogen-bond acceptors (Lipinski definition) is 11. The smallest absolute Gasteiger partial charge is 0.380 e. The summed E-state index contributed by atoms with van der Waals surface area (Å²) in [7, 11) is 1.28. The van der Waals surface area contributed by atoms with E-state index in [1.165, 1.54) is 23.8 Å². The van der Waals surface area contributed by atoms with Crippen LogP contribution >= 0.6 is 23.1 Å². The molecule has 14 nitrogen and oxygen atoms in total. The Balaban J connectivity index is 1.37. The number of fused-ring (bicyclic) bond motifs is 2. The summed E-state index contributed by atoms with van der Waals surface area (Å²) in [6.07, 6.45) is 4.91. The Morgan fingerprint density at radius 3 is 2.97 bits per heavy atom. The molecule has 2 amide bonds. The number of β-lactam (4-membered cyclic amide) rings is 1. The van der Waals surface area contributed by atoms with Crippen molar-refractivity contribution in [2.75, 3.05) is 18.6 Å². The van der Waals surface area contributed by atoms with E-state index < -0.39 is 29.2 Å². The average Bonchev–Trinajstić information content (AvgIpc) is 3.46. The van der Waals surface area contributed by atoms with Crippen LogP contribution in [-0.2, 0) is 25.8 Å². The molecule has 35 heavy (non-hydrogen) atoms. The van der Waals surface area contributed by atoms with Gasteiger partial charge in [0.1, 0.15) is 36.5 Å². The Bertz CT molecular complexity index is 1410. The van der Waals surface area contributed by atoms with Crippen molar-refractivity contribution in [1.29, 1.82) is 0 Å². The van der Waals surface area contributed by atoms with Crippen molar-refractivity contribution in [3.63, 3.8) is 0 Å². The van der Waals surface area contributed by atoms with E-state index in [0.29, 0.717) is 17.1 Å². The molecule has 2 aliphatic rings. The zero-order valence-electron chi connectivity index (χ0n) is 18.1. The van der Waals surface area contributed by atoms with Gasteiger partial charge in [-0.25, -0.2) is 9.78 Å². The zero-order chi connectivity index (χ0) is 24.7. The van der Waals surface area contributed by atoms with Crippen LogP contribution in [0.25, 0.3) is 5.78 Å². The number of oxime groups is 1. The third kappa shape index (κ3) is 3.95. The standard InChI is InChI=1S/C19H17N9O5S2/c1-33-25-11(10-7-35-18(20)23-10)14(29)24-12-15(30)28-13(17(31)32)9(6-34-16(12)28)5-26-8-22-19-21-3-2-4-27(19)26/h2-4,7-8,12,16H,5-6H2,1H3,(H3-,20,23,24,29,31,32)/p+1/b25-11-/t12-,16-/m1/s1. The van der Waals surface area contributed by atoms with Crippen LogP contribution in [-0.4, -0.2) is 77.2 Å². The van der Waals surface area contributed by atoms with E-state index in [1.54, 1.807) is 39.4 Å². The third-order valence-corrected chi connectivity index (χ3v) is 7.36. The number of carbonyl (C=O) groups is 3. The molecule has 0 unspecified atom stereocenters. The molecule has 180 valence electrons. The Hall–Kier alpha value is -4.05. The summed E-state index contributed by atoms with van der Waals surface area (Å²) in [6, 6.07) is 0.797. The maximum absolute atomic E-state index is 13.0. The van der Waals surface area contributed by atoms with Gasteiger partial charge < -0.3 is 21.0 Å². The van der Waals surface area contributed by atoms with Crippen LogP contribution in [0.4, 0.5) is 5.13 Å². The van der Waals surface area contributed by atoms with E-state index in [4.69, 9.17) is 10.6 Å². The molecule has 0 aromatic carbocycles. The second-order valence-corrected chi connectivity index (χ2v) is 9.41. The van der Waals surface area contributed by atoms with Crippen LogP contribution in [0.3, 0.4) is 0 Å². The van der Waals surface area contributed by atoms with E-state index in [-0.39, 0.29) is 28.8 Å². The molecule has 2 atom stereocenters. The highest BCUT2D eigenvalue weighted by atomic mass is 32.2. The lowest BCUT2D eigenvalue weighted by molar-refractivity contribution is -0.754. The second-order valence-electron chi connectivity index (χ2n) is 7.42. The van der Waals surface area contributed by atoms with Gasteiger partial charge in [0.2, 0.25) is 0 Å². The van der Waals surface area contributed by atoms with Gasteiger partial charge in [-0.15, -0.1) is 32.3 Å². The number of carboxylic acids is 1. The fourth-order valence-corrected chi connectivity index (χ4v) is 5.72. The summed E-state index contributed by atoms with van der Waals surface area (Å²) in [5, 5.41) is 17.5. The molecule has 3 aromatic heterocycles. The van der Waals surface area contributed by atoms with Gasteiger partial charge in [-0.1, -0.05) is 5.16 Å². The summed E-state index contributed by atoms with van der Waals surface area (Å²) in [4.78, 5) is 56.3. The van der Waals surface area contributed by atoms with E-state index in [0.717, 1.165) is 11.3 Å². The summed E-state index contributed by atoms with van der Waals surface area (Å²) in [5.74, 6) is -1.65. The molecule has 0 bridgehead atoms. The number of nitrogen functional groups attached to an aromatic ring is 1. The van der Waals surface area contributed by atoms with Crippen molar-refractivity contribution >= 4 is 57.5 Å². The van der Waals surface area contributed by atoms with E-state index in [1.807, 2.05) is 0 Å². The number of aliphatic carboxylic acids is 1. The Labute approximate surface area is 205 Å². The fourth-order valence-electron chi connectivity index (χ4n) is 3.84. The molecule has 0 aliphatic carbocycles. The van der Waals surface area contributed by atoms with Gasteiger partial charge in [-0.2, -0.15) is 4.98 Å². The Morgan fingerprint density at radius 2 is 2.26 bits per heavy atom. The number of rotatable bonds is 7. The molecule has 0 radical (unpaired) electrons. The lowest BCUT2D eigenvalue weighted by atomic mass is 10.0. The van der Waals surface area contributed by atoms with Crippen LogP contribution in [0, 0.1) is 0 Å². The molecular formula is C19H18N9O5S2+. The van der Waals surface area contributed by atoms with E-state index in [9.17, 15) is 19.5 Å². The van der Waals surface area contributed by atoms with Crippen molar-refractivity contribution in [3.8, 4) is 0 Å². The number of nitrogens with one attached hydrogen (secondary N) is 1. The van der Waals surface area contributed by atoms with Crippen molar-refractivity contribution in [1.82, 2.24) is 29.7 Å². The summed E-state index contributed by atoms with van der Waals surface area (Å²) in [5.41, 5.74) is 6.14. The number of nitrogens with zero attached hydrogens (tertiary/aromatic N) is 7. The first kappa shape index (κ1) is 22.7. The number of thioether (sulfide) groups is 1. The minimum Gasteiger partial charge on any atom is -0.477 e. The number of aromatic nitrogens is 5. The van der Waals surface area contributed by atoms with Crippen LogP contribution in [0.1, 0.15) is 5.69 Å². The third-order valence-electron chi connectivity index (χ3n) is 5.34. The molecule has 3 aromatic rings. The molecular weight excluding hydrogens is 498 g/mol. The van der Waals surface area contributed by atoms with Crippen molar-refractivity contribution in [2.24, 2.45) is 5.16 Å². The lowest BCUT2D eigenvalue weighted by Crippen LogP contribution is -2.71. The first-order valence-electron chi connectivity index (χ1n) is 10.1. The number of anilines is 1. The van der Waals surface area contributed by atoms with Crippen LogP contribution in [0.15, 0.2) is 46.6 Å². The minimum absolute atomic E-state index is 0.103. The predicted molar refractivity (Wildman–Crippen MR) is 123 cm³/mol. The van der Waals surface area contributed by atoms with Gasteiger partial charge in [-0.3, -0.25) is 14.5 Å². The van der Waals surface area contributed by atoms with Gasteiger partial charge in [0.25, 0.3) is 11.8 Å². The number of nitrogens with two attached hydrogens (primary N) is 1. The molecule has 5 rings (SSSR count). The summed E-state index contributed by atoms with van der Waals surface area (Å²) < 4.78 is 3.39. The topological polar surface area (TPSA) is 181 Å². The van der Waals surface area contributed by atoms with Crippen LogP contribution in [0.5, 0.6) is 0 Å². The molecule has 16 heteroatoms. The number of hydrogen-bond donors (Lipinski definition) is 3. The molecule has 0 saturated carbocycles. The van der Waals surface area contributed by atoms with Crippen molar-refractivity contribution < 1.29 is 29.0 Å². The maximum Gasteiger partial charge on any atom is 0.380 e. The number of carboxylic acid groups (broad SMARTS) is 1. The van der Waals surface area contributed by atoms with E-state index >= 15 is 0 Å². The van der Waals surface area contributed by atoms with E-state index in [2.05, 4.69) is 25.4 Å². The van der Waals surface area contributed by atoms with Gasteiger partial charge >= 0.3 is 18.1 Å². The molecule has 2 aliphatic heterocycles. The quantitative estimate of drug-likeness (QED) is 0.150. The minimum atomic E-state index is -1.23. The lowest BCUT2D eigenvalue weighted by Gasteiger charge is -2.49. The highest BCUT2D eigenvalue weighted by Crippen LogP contribution is 2.40. The second kappa shape index (κ2) is 8.95. The highest BCUT2D eigenvalue weighted by molar-refractivity contribution is 8.00. The van der Waals surface area contributed by atoms with Gasteiger partial charge in [-0.05, 0) is 11.1 Å². The average molecular weight is 517 g/mol. The zero-order valence-corrected chi connectivity index (χ0v) is 19.7. The Morgan fingerprint density at radius 1 is 1.43 bits per heavy atom. The fraction of sp³-hybridized carbons (Fsp3) is 0.263. The molecule has 5 heterocycles. The maximum atomic E-state index is 13.0. The molecule has 0 spiro atoms. The number of amides is 2. The summed E-state index contributed by atoms with van der Waals surface area (Å²) >= 11 is 2.48. The molecule has 1 saturated heterocycles. The predicted octanol–water partition coefficient (Wildman–Crippen LogP) is -1.16. The largest absolute Gasteiger partial charge is 0.477 e. The first-order chi connectivity index (χ1) is 16.9. The SMILES string of the molecule is CO/N=C(\C(=O)N[C@@H]1C(=O)N2C(C(=O)O)=C(C[n+]3cnc4ncccn43)CS[C@H]12)c1csc(N)n1. The number of carbonyl (C=O) groups excluding carboxylic acids is 2. The number of thiazole rings is 1. The van der Waals surface area contributed by atoms with Gasteiger partial charge in [0.15, 0.2) is 10.8 Å². The van der Waals surface area contributed by atoms with Crippen molar-refractivity contribution in [2.45, 2.75) is 18.0 Å². The molecule has 1 fully saturated rings. The summed E-state index contributed by atoms with van der Waals surface area (Å²) in [6.45, 7) is 0.199.